The highest BCUT2D eigenvalue weighted by Gasteiger charge is 2.36. The molecule has 2 aliphatic heterocycles. The number of rotatable bonds is 2. The van der Waals surface area contributed by atoms with E-state index in [0.29, 0.717) is 0 Å². The Hall–Kier alpha value is -3.66. The van der Waals surface area contributed by atoms with Gasteiger partial charge in [-0.1, -0.05) is 48.5 Å². The summed E-state index contributed by atoms with van der Waals surface area (Å²) in [5.74, 6) is 0. The van der Waals surface area contributed by atoms with E-state index in [1.165, 1.54) is 50.5 Å². The van der Waals surface area contributed by atoms with Crippen LogP contribution in [0.1, 0.15) is 19.4 Å². The molecule has 0 saturated heterocycles. The molecule has 4 aromatic carbocycles. The van der Waals surface area contributed by atoms with Crippen molar-refractivity contribution in [3.8, 4) is 0 Å². The Morgan fingerprint density at radius 1 is 0.576 bits per heavy atom. The van der Waals surface area contributed by atoms with Crippen molar-refractivity contribution < 1.29 is 0 Å². The molecule has 2 aliphatic rings. The van der Waals surface area contributed by atoms with E-state index in [2.05, 4.69) is 133 Å². The zero-order valence-electron chi connectivity index (χ0n) is 19.9. The molecule has 0 aliphatic carbocycles. The second kappa shape index (κ2) is 7.17. The molecule has 6 rings (SSSR count). The van der Waals surface area contributed by atoms with Crippen LogP contribution in [0.25, 0.3) is 10.8 Å². The molecule has 0 bridgehead atoms. The first-order chi connectivity index (χ1) is 16.0. The van der Waals surface area contributed by atoms with Crippen LogP contribution in [0, 0.1) is 6.92 Å². The fourth-order valence-electron chi connectivity index (χ4n) is 5.70. The standard InChI is InChI=1S/C29H30N4/c1-19-28(32-20(2)30(4)24-14-8-10-16-26(24)32)18-22-12-6-7-13-23(22)29(19)33-21(3)31(5)25-15-9-11-17-27(25)33/h6-18,20-21H,1-5H3/t20-,21+/m1/s1. The molecule has 0 aromatic heterocycles. The molecule has 0 radical (unpaired) electrons. The lowest BCUT2D eigenvalue weighted by Crippen LogP contribution is -2.37. The summed E-state index contributed by atoms with van der Waals surface area (Å²) in [6.45, 7) is 6.87. The van der Waals surface area contributed by atoms with Crippen molar-refractivity contribution in [2.45, 2.75) is 33.1 Å². The fourth-order valence-corrected chi connectivity index (χ4v) is 5.70. The lowest BCUT2D eigenvalue weighted by Gasteiger charge is -2.34. The van der Waals surface area contributed by atoms with Crippen LogP contribution in [0.3, 0.4) is 0 Å². The predicted octanol–water partition coefficient (Wildman–Crippen LogP) is 7.02. The molecule has 2 heterocycles. The third-order valence-electron chi connectivity index (χ3n) is 7.66. The Kier molecular flexibility index (Phi) is 4.34. The first-order valence-corrected chi connectivity index (χ1v) is 11.7. The topological polar surface area (TPSA) is 13.0 Å². The van der Waals surface area contributed by atoms with E-state index in [1.54, 1.807) is 0 Å². The van der Waals surface area contributed by atoms with E-state index in [-0.39, 0.29) is 12.3 Å². The molecular weight excluding hydrogens is 404 g/mol. The van der Waals surface area contributed by atoms with Gasteiger partial charge in [0, 0.05) is 25.2 Å². The molecule has 4 aromatic rings. The van der Waals surface area contributed by atoms with Crippen molar-refractivity contribution in [3.63, 3.8) is 0 Å². The van der Waals surface area contributed by atoms with Gasteiger partial charge in [-0.05, 0) is 62.1 Å². The first-order valence-electron chi connectivity index (χ1n) is 11.7. The number of fused-ring (bicyclic) bond motifs is 3. The van der Waals surface area contributed by atoms with Crippen LogP contribution in [0.5, 0.6) is 0 Å². The average molecular weight is 435 g/mol. The van der Waals surface area contributed by atoms with Crippen LogP contribution >= 0.6 is 0 Å². The summed E-state index contributed by atoms with van der Waals surface area (Å²) in [6, 6.07) is 28.7. The molecule has 2 atom stereocenters. The molecule has 0 fully saturated rings. The maximum Gasteiger partial charge on any atom is 0.103 e. The summed E-state index contributed by atoms with van der Waals surface area (Å²) in [5, 5.41) is 2.57. The molecule has 33 heavy (non-hydrogen) atoms. The second-order valence-electron chi connectivity index (χ2n) is 9.29. The van der Waals surface area contributed by atoms with Gasteiger partial charge >= 0.3 is 0 Å². The predicted molar refractivity (Wildman–Crippen MR) is 142 cm³/mol. The summed E-state index contributed by atoms with van der Waals surface area (Å²) in [7, 11) is 4.38. The Morgan fingerprint density at radius 2 is 1.06 bits per heavy atom. The van der Waals surface area contributed by atoms with Gasteiger partial charge in [-0.2, -0.15) is 0 Å². The molecule has 0 saturated carbocycles. The number of hydrogen-bond donors (Lipinski definition) is 0. The van der Waals surface area contributed by atoms with E-state index in [9.17, 15) is 0 Å². The van der Waals surface area contributed by atoms with Crippen molar-refractivity contribution in [1.29, 1.82) is 0 Å². The molecule has 0 amide bonds. The Morgan fingerprint density at radius 3 is 1.70 bits per heavy atom. The highest BCUT2D eigenvalue weighted by atomic mass is 15.4. The normalized spacial score (nSPS) is 19.4. The van der Waals surface area contributed by atoms with Gasteiger partial charge < -0.3 is 19.6 Å². The maximum absolute atomic E-state index is 2.52. The number of benzene rings is 4. The number of anilines is 6. The van der Waals surface area contributed by atoms with Crippen molar-refractivity contribution in [1.82, 2.24) is 0 Å². The van der Waals surface area contributed by atoms with Crippen molar-refractivity contribution in [3.05, 3.63) is 84.4 Å². The van der Waals surface area contributed by atoms with Gasteiger partial charge in [-0.3, -0.25) is 0 Å². The summed E-state index contributed by atoms with van der Waals surface area (Å²) in [6.07, 6.45) is 0.465. The van der Waals surface area contributed by atoms with Gasteiger partial charge in [0.05, 0.1) is 28.4 Å². The quantitative estimate of drug-likeness (QED) is 0.336. The highest BCUT2D eigenvalue weighted by Crippen LogP contribution is 2.51. The SMILES string of the molecule is Cc1c(N2c3ccccc3N(C)[C@H]2C)cc2ccccc2c1N1c2ccccc2N(C)[C@@H]1C. The molecule has 166 valence electrons. The number of para-hydroxylation sites is 4. The minimum atomic E-state index is 0.228. The van der Waals surface area contributed by atoms with Gasteiger partial charge in [0.25, 0.3) is 0 Å². The minimum Gasteiger partial charge on any atom is -0.353 e. The molecule has 4 heteroatoms. The monoisotopic (exact) mass is 434 g/mol. The summed E-state index contributed by atoms with van der Waals surface area (Å²) >= 11 is 0. The maximum atomic E-state index is 2.52. The van der Waals surface area contributed by atoms with Crippen LogP contribution in [0.15, 0.2) is 78.9 Å². The zero-order chi connectivity index (χ0) is 22.9. The van der Waals surface area contributed by atoms with Crippen molar-refractivity contribution >= 4 is 44.9 Å². The van der Waals surface area contributed by atoms with Crippen LogP contribution in [-0.4, -0.2) is 26.4 Å². The van der Waals surface area contributed by atoms with Crippen molar-refractivity contribution in [2.75, 3.05) is 33.7 Å². The minimum absolute atomic E-state index is 0.228. The Balaban J connectivity index is 1.64. The highest BCUT2D eigenvalue weighted by molar-refractivity contribution is 6.04. The van der Waals surface area contributed by atoms with Gasteiger partial charge in [0.2, 0.25) is 0 Å². The van der Waals surface area contributed by atoms with E-state index in [4.69, 9.17) is 0 Å². The van der Waals surface area contributed by atoms with Gasteiger partial charge in [-0.15, -0.1) is 0 Å². The Labute approximate surface area is 196 Å². The first kappa shape index (κ1) is 20.0. The fraction of sp³-hybridized carbons (Fsp3) is 0.241. The molecule has 0 spiro atoms. The van der Waals surface area contributed by atoms with Crippen LogP contribution < -0.4 is 19.6 Å². The molecule has 4 nitrogen and oxygen atoms in total. The molecular formula is C29H30N4. The average Bonchev–Trinajstić information content (AvgIpc) is 3.24. The lowest BCUT2D eigenvalue weighted by atomic mass is 9.99. The third kappa shape index (κ3) is 2.70. The van der Waals surface area contributed by atoms with Crippen LogP contribution in [0.2, 0.25) is 0 Å². The zero-order valence-corrected chi connectivity index (χ0v) is 19.9. The van der Waals surface area contributed by atoms with Crippen LogP contribution in [0.4, 0.5) is 34.1 Å². The van der Waals surface area contributed by atoms with Gasteiger partial charge in [-0.25, -0.2) is 0 Å². The van der Waals surface area contributed by atoms with E-state index >= 15 is 0 Å². The van der Waals surface area contributed by atoms with E-state index in [0.717, 1.165) is 0 Å². The van der Waals surface area contributed by atoms with E-state index < -0.39 is 0 Å². The lowest BCUT2D eigenvalue weighted by molar-refractivity contribution is 0.726. The third-order valence-corrected chi connectivity index (χ3v) is 7.66. The summed E-state index contributed by atoms with van der Waals surface area (Å²) in [5.41, 5.74) is 8.97. The largest absolute Gasteiger partial charge is 0.353 e. The van der Waals surface area contributed by atoms with Gasteiger partial charge in [0.1, 0.15) is 12.3 Å². The van der Waals surface area contributed by atoms with Gasteiger partial charge in [0.15, 0.2) is 0 Å². The summed E-state index contributed by atoms with van der Waals surface area (Å²) in [4.78, 5) is 9.76. The molecule has 0 N–H and O–H groups in total. The molecule has 0 unspecified atom stereocenters. The number of nitrogens with zero attached hydrogens (tertiary/aromatic N) is 4. The number of hydrogen-bond acceptors (Lipinski definition) is 4. The smallest absolute Gasteiger partial charge is 0.103 e. The Bertz CT molecular complexity index is 1380. The summed E-state index contributed by atoms with van der Waals surface area (Å²) < 4.78 is 0. The van der Waals surface area contributed by atoms with Crippen LogP contribution in [-0.2, 0) is 0 Å². The second-order valence-corrected chi connectivity index (χ2v) is 9.29. The van der Waals surface area contributed by atoms with Crippen molar-refractivity contribution in [2.24, 2.45) is 0 Å². The van der Waals surface area contributed by atoms with E-state index in [1.807, 2.05) is 0 Å².